The molecule has 1 amide bonds. The first kappa shape index (κ1) is 14.0. The number of benzene rings is 1. The van der Waals surface area contributed by atoms with Crippen LogP contribution in [-0.4, -0.2) is 55.7 Å². The van der Waals surface area contributed by atoms with Crippen molar-refractivity contribution in [2.45, 2.75) is 19.1 Å². The van der Waals surface area contributed by atoms with Crippen LogP contribution >= 0.6 is 0 Å². The quantitative estimate of drug-likeness (QED) is 0.800. The molecular formula is C15H18N2O4. The molecule has 0 aliphatic carbocycles. The Balaban J connectivity index is 1.94. The molecule has 1 aromatic rings. The van der Waals surface area contributed by atoms with Gasteiger partial charge in [-0.05, 0) is 25.1 Å². The zero-order valence-electron chi connectivity index (χ0n) is 12.1. The summed E-state index contributed by atoms with van der Waals surface area (Å²) in [6, 6.07) is 5.57. The monoisotopic (exact) mass is 290 g/mol. The number of hydrogen-bond acceptors (Lipinski definition) is 5. The molecule has 21 heavy (non-hydrogen) atoms. The summed E-state index contributed by atoms with van der Waals surface area (Å²) in [6.07, 6.45) is -0.213. The highest BCUT2D eigenvalue weighted by Crippen LogP contribution is 2.33. The predicted molar refractivity (Wildman–Crippen MR) is 77.8 cm³/mol. The maximum atomic E-state index is 11.8. The van der Waals surface area contributed by atoms with Crippen molar-refractivity contribution in [1.29, 1.82) is 0 Å². The summed E-state index contributed by atoms with van der Waals surface area (Å²) in [4.78, 5) is 27.0. The molecule has 0 bridgehead atoms. The molecule has 0 saturated carbocycles. The number of hydrogen-bond donors (Lipinski definition) is 1. The highest BCUT2D eigenvalue weighted by Gasteiger charge is 2.34. The van der Waals surface area contributed by atoms with Gasteiger partial charge < -0.3 is 19.6 Å². The molecule has 0 aromatic heterocycles. The Morgan fingerprint density at radius 2 is 2.14 bits per heavy atom. The lowest BCUT2D eigenvalue weighted by atomic mass is 10.1. The molecular weight excluding hydrogens is 272 g/mol. The van der Waals surface area contributed by atoms with Crippen LogP contribution in [0.3, 0.4) is 0 Å². The first-order valence-corrected chi connectivity index (χ1v) is 6.98. The third-order valence-electron chi connectivity index (χ3n) is 4.13. The van der Waals surface area contributed by atoms with Crippen molar-refractivity contribution in [3.05, 3.63) is 23.8 Å². The van der Waals surface area contributed by atoms with Gasteiger partial charge in [0.2, 0.25) is 0 Å². The molecule has 1 saturated heterocycles. The third kappa shape index (κ3) is 2.20. The molecule has 1 fully saturated rings. The van der Waals surface area contributed by atoms with E-state index in [1.54, 1.807) is 13.1 Å². The number of ether oxygens (including phenoxy) is 1. The van der Waals surface area contributed by atoms with Crippen LogP contribution in [-0.2, 0) is 9.53 Å². The molecule has 0 radical (unpaired) electrons. The van der Waals surface area contributed by atoms with Crippen LogP contribution in [0.4, 0.5) is 11.4 Å². The van der Waals surface area contributed by atoms with Crippen LogP contribution in [0.1, 0.15) is 17.3 Å². The summed E-state index contributed by atoms with van der Waals surface area (Å²) >= 11 is 0. The van der Waals surface area contributed by atoms with Crippen LogP contribution in [0.25, 0.3) is 0 Å². The molecule has 3 rings (SSSR count). The van der Waals surface area contributed by atoms with E-state index in [-0.39, 0.29) is 18.8 Å². The van der Waals surface area contributed by atoms with E-state index in [1.165, 1.54) is 4.90 Å². The molecule has 112 valence electrons. The standard InChI is InChI=1S/C15H18N2O4/c1-9-8-21-11(7-18)6-17(9)10-3-4-12-13(5-10)16(2)15(20)14(12)19/h3-5,9,11,18H,6-8H2,1-2H3. The van der Waals surface area contributed by atoms with Gasteiger partial charge in [-0.15, -0.1) is 0 Å². The first-order chi connectivity index (χ1) is 10.0. The van der Waals surface area contributed by atoms with Crippen molar-refractivity contribution >= 4 is 23.1 Å². The van der Waals surface area contributed by atoms with E-state index in [1.807, 2.05) is 19.1 Å². The molecule has 1 N–H and O–H groups in total. The van der Waals surface area contributed by atoms with E-state index in [0.29, 0.717) is 24.4 Å². The van der Waals surface area contributed by atoms with Crippen molar-refractivity contribution in [1.82, 2.24) is 0 Å². The number of likely N-dealkylation sites (N-methyl/N-ethyl adjacent to an activating group) is 1. The lowest BCUT2D eigenvalue weighted by Gasteiger charge is -2.39. The number of carbonyl (C=O) groups is 2. The molecule has 2 aliphatic rings. The number of carbonyl (C=O) groups excluding carboxylic acids is 2. The minimum atomic E-state index is -0.495. The van der Waals surface area contributed by atoms with Gasteiger partial charge in [-0.1, -0.05) is 0 Å². The molecule has 2 aliphatic heterocycles. The third-order valence-corrected chi connectivity index (χ3v) is 4.13. The van der Waals surface area contributed by atoms with E-state index < -0.39 is 11.7 Å². The van der Waals surface area contributed by atoms with E-state index in [4.69, 9.17) is 4.74 Å². The number of aliphatic hydroxyl groups is 1. The average molecular weight is 290 g/mol. The Morgan fingerprint density at radius 3 is 2.86 bits per heavy atom. The largest absolute Gasteiger partial charge is 0.394 e. The smallest absolute Gasteiger partial charge is 0.299 e. The van der Waals surface area contributed by atoms with E-state index in [9.17, 15) is 14.7 Å². The lowest BCUT2D eigenvalue weighted by molar-refractivity contribution is -0.114. The summed E-state index contributed by atoms with van der Waals surface area (Å²) in [7, 11) is 1.61. The van der Waals surface area contributed by atoms with Gasteiger partial charge >= 0.3 is 0 Å². The van der Waals surface area contributed by atoms with Gasteiger partial charge in [-0.2, -0.15) is 0 Å². The number of ketones is 1. The maximum absolute atomic E-state index is 11.8. The van der Waals surface area contributed by atoms with E-state index in [0.717, 1.165) is 5.69 Å². The van der Waals surface area contributed by atoms with Crippen LogP contribution in [0.15, 0.2) is 18.2 Å². The normalized spacial score (nSPS) is 25.5. The minimum absolute atomic E-state index is 0.0228. The molecule has 6 heteroatoms. The van der Waals surface area contributed by atoms with Gasteiger partial charge in [0.1, 0.15) is 0 Å². The second-order valence-corrected chi connectivity index (χ2v) is 5.53. The van der Waals surface area contributed by atoms with Crippen LogP contribution in [0, 0.1) is 0 Å². The summed E-state index contributed by atoms with van der Waals surface area (Å²) in [5, 5.41) is 9.26. The van der Waals surface area contributed by atoms with Gasteiger partial charge in [0, 0.05) is 25.3 Å². The van der Waals surface area contributed by atoms with Crippen molar-refractivity contribution in [2.24, 2.45) is 0 Å². The predicted octanol–water partition coefficient (Wildman–Crippen LogP) is 0.432. The number of anilines is 2. The summed E-state index contributed by atoms with van der Waals surface area (Å²) < 4.78 is 5.53. The number of Topliss-reactive ketones (excluding diaryl/α,β-unsaturated/α-hetero) is 1. The summed E-state index contributed by atoms with van der Waals surface area (Å²) in [5.41, 5.74) is 2.02. The second kappa shape index (κ2) is 5.13. The number of morpholine rings is 1. The molecule has 0 spiro atoms. The number of rotatable bonds is 2. The SMILES string of the molecule is CC1COC(CO)CN1c1ccc2c(c1)N(C)C(=O)C2=O. The van der Waals surface area contributed by atoms with Crippen molar-refractivity contribution in [3.8, 4) is 0 Å². The highest BCUT2D eigenvalue weighted by molar-refractivity contribution is 6.52. The van der Waals surface area contributed by atoms with Crippen molar-refractivity contribution in [2.75, 3.05) is 36.6 Å². The van der Waals surface area contributed by atoms with E-state index in [2.05, 4.69) is 4.90 Å². The van der Waals surface area contributed by atoms with Gasteiger partial charge in [0.15, 0.2) is 0 Å². The minimum Gasteiger partial charge on any atom is -0.394 e. The summed E-state index contributed by atoms with van der Waals surface area (Å²) in [6.45, 7) is 3.14. The maximum Gasteiger partial charge on any atom is 0.299 e. The van der Waals surface area contributed by atoms with Crippen LogP contribution in [0.5, 0.6) is 0 Å². The Morgan fingerprint density at radius 1 is 1.38 bits per heavy atom. The summed E-state index contributed by atoms with van der Waals surface area (Å²) in [5.74, 6) is -0.951. The molecule has 2 unspecified atom stereocenters. The van der Waals surface area contributed by atoms with E-state index >= 15 is 0 Å². The topological polar surface area (TPSA) is 70.1 Å². The molecule has 2 heterocycles. The Hall–Kier alpha value is -1.92. The first-order valence-electron chi connectivity index (χ1n) is 6.98. The lowest BCUT2D eigenvalue weighted by Crippen LogP contribution is -2.49. The Kier molecular flexibility index (Phi) is 3.43. The number of amides is 1. The second-order valence-electron chi connectivity index (χ2n) is 5.53. The fourth-order valence-electron chi connectivity index (χ4n) is 2.83. The zero-order valence-corrected chi connectivity index (χ0v) is 12.1. The van der Waals surface area contributed by atoms with Gasteiger partial charge in [0.25, 0.3) is 11.7 Å². The van der Waals surface area contributed by atoms with Crippen molar-refractivity contribution in [3.63, 3.8) is 0 Å². The molecule has 2 atom stereocenters. The number of fused-ring (bicyclic) bond motifs is 1. The number of aliphatic hydroxyl groups excluding tert-OH is 1. The van der Waals surface area contributed by atoms with Gasteiger partial charge in [0.05, 0.1) is 30.6 Å². The van der Waals surface area contributed by atoms with Gasteiger partial charge in [-0.3, -0.25) is 9.59 Å². The van der Waals surface area contributed by atoms with Crippen molar-refractivity contribution < 1.29 is 19.4 Å². The molecule has 1 aromatic carbocycles. The highest BCUT2D eigenvalue weighted by atomic mass is 16.5. The fraction of sp³-hybridized carbons (Fsp3) is 0.467. The fourth-order valence-corrected chi connectivity index (χ4v) is 2.83. The van der Waals surface area contributed by atoms with Crippen LogP contribution in [0.2, 0.25) is 0 Å². The van der Waals surface area contributed by atoms with Crippen LogP contribution < -0.4 is 9.80 Å². The number of nitrogens with zero attached hydrogens (tertiary/aromatic N) is 2. The molecule has 6 nitrogen and oxygen atoms in total. The zero-order chi connectivity index (χ0) is 15.1. The van der Waals surface area contributed by atoms with Gasteiger partial charge in [-0.25, -0.2) is 0 Å². The Labute approximate surface area is 122 Å². The average Bonchev–Trinajstić information content (AvgIpc) is 2.72. The Bertz CT molecular complexity index is 601.